The van der Waals surface area contributed by atoms with Crippen LogP contribution in [0.25, 0.3) is 0 Å². The second-order valence-electron chi connectivity index (χ2n) is 4.66. The molecule has 0 saturated heterocycles. The van der Waals surface area contributed by atoms with Crippen LogP contribution < -0.4 is 0 Å². The van der Waals surface area contributed by atoms with E-state index in [2.05, 4.69) is 20.8 Å². The van der Waals surface area contributed by atoms with Gasteiger partial charge >= 0.3 is 11.9 Å². The molecular formula is C12H22O4. The second kappa shape index (κ2) is 7.25. The van der Waals surface area contributed by atoms with E-state index in [1.54, 1.807) is 0 Å². The van der Waals surface area contributed by atoms with E-state index in [4.69, 9.17) is 10.2 Å². The highest BCUT2D eigenvalue weighted by atomic mass is 16.4. The molecule has 0 amide bonds. The van der Waals surface area contributed by atoms with Gasteiger partial charge in [-0.15, -0.1) is 0 Å². The highest BCUT2D eigenvalue weighted by Gasteiger charge is 2.26. The van der Waals surface area contributed by atoms with Crippen molar-refractivity contribution >= 4 is 11.9 Å². The van der Waals surface area contributed by atoms with Crippen molar-refractivity contribution in [1.29, 1.82) is 0 Å². The molecule has 0 rings (SSSR count). The number of carboxylic acid groups (broad SMARTS) is 2. The fraction of sp³-hybridized carbons (Fsp3) is 0.833. The number of hydrogen-bond acceptors (Lipinski definition) is 2. The molecule has 0 aromatic carbocycles. The standard InChI is InChI=1S/C12H22O4/c1-4-5-9(8(2)3)6-10(12(15)16)7-11(13)14/h8-10H,4-7H2,1-3H3,(H,13,14)(H,15,16). The minimum Gasteiger partial charge on any atom is -0.481 e. The van der Waals surface area contributed by atoms with Gasteiger partial charge in [0.05, 0.1) is 12.3 Å². The lowest BCUT2D eigenvalue weighted by Gasteiger charge is -2.23. The molecule has 0 spiro atoms. The molecule has 94 valence electrons. The molecule has 2 atom stereocenters. The van der Waals surface area contributed by atoms with Crippen LogP contribution in [0.1, 0.15) is 46.5 Å². The first-order valence-electron chi connectivity index (χ1n) is 5.83. The summed E-state index contributed by atoms with van der Waals surface area (Å²) in [7, 11) is 0. The Bertz CT molecular complexity index is 235. The molecule has 4 nitrogen and oxygen atoms in total. The number of hydrogen-bond donors (Lipinski definition) is 2. The Morgan fingerprint density at radius 2 is 1.75 bits per heavy atom. The summed E-state index contributed by atoms with van der Waals surface area (Å²) in [5.41, 5.74) is 0. The summed E-state index contributed by atoms with van der Waals surface area (Å²) in [4.78, 5) is 21.5. The molecule has 0 radical (unpaired) electrons. The lowest BCUT2D eigenvalue weighted by molar-refractivity contribution is -0.149. The van der Waals surface area contributed by atoms with Gasteiger partial charge in [0.1, 0.15) is 0 Å². The molecule has 2 unspecified atom stereocenters. The number of rotatable bonds is 8. The van der Waals surface area contributed by atoms with Gasteiger partial charge in [-0.25, -0.2) is 0 Å². The van der Waals surface area contributed by atoms with Crippen molar-refractivity contribution in [3.63, 3.8) is 0 Å². The summed E-state index contributed by atoms with van der Waals surface area (Å²) in [6.07, 6.45) is 2.15. The summed E-state index contributed by atoms with van der Waals surface area (Å²) in [5, 5.41) is 17.6. The number of aliphatic carboxylic acids is 2. The maximum absolute atomic E-state index is 10.9. The van der Waals surface area contributed by atoms with Crippen LogP contribution in [0.2, 0.25) is 0 Å². The van der Waals surface area contributed by atoms with Crippen molar-refractivity contribution < 1.29 is 19.8 Å². The Morgan fingerprint density at radius 3 is 2.06 bits per heavy atom. The predicted molar refractivity (Wildman–Crippen MR) is 61.2 cm³/mol. The summed E-state index contributed by atoms with van der Waals surface area (Å²) < 4.78 is 0. The highest BCUT2D eigenvalue weighted by Crippen LogP contribution is 2.26. The van der Waals surface area contributed by atoms with E-state index in [0.29, 0.717) is 18.3 Å². The summed E-state index contributed by atoms with van der Waals surface area (Å²) in [6, 6.07) is 0. The van der Waals surface area contributed by atoms with E-state index in [1.807, 2.05) is 0 Å². The largest absolute Gasteiger partial charge is 0.481 e. The maximum atomic E-state index is 10.9. The van der Waals surface area contributed by atoms with E-state index < -0.39 is 17.9 Å². The van der Waals surface area contributed by atoms with Crippen LogP contribution in [0, 0.1) is 17.8 Å². The minimum atomic E-state index is -1.04. The molecular weight excluding hydrogens is 208 g/mol. The average molecular weight is 230 g/mol. The summed E-state index contributed by atoms with van der Waals surface area (Å²) >= 11 is 0. The van der Waals surface area contributed by atoms with Gasteiger partial charge in [-0.3, -0.25) is 9.59 Å². The van der Waals surface area contributed by atoms with Crippen LogP contribution in [0.15, 0.2) is 0 Å². The van der Waals surface area contributed by atoms with Crippen LogP contribution >= 0.6 is 0 Å². The van der Waals surface area contributed by atoms with Crippen molar-refractivity contribution in [2.75, 3.05) is 0 Å². The average Bonchev–Trinajstić information content (AvgIpc) is 2.14. The normalized spacial score (nSPS) is 14.8. The zero-order chi connectivity index (χ0) is 12.7. The van der Waals surface area contributed by atoms with Gasteiger partial charge in [0.15, 0.2) is 0 Å². The Balaban J connectivity index is 4.44. The van der Waals surface area contributed by atoms with Crippen LogP contribution in [0.5, 0.6) is 0 Å². The fourth-order valence-electron chi connectivity index (χ4n) is 1.94. The molecule has 0 saturated carbocycles. The van der Waals surface area contributed by atoms with E-state index in [-0.39, 0.29) is 6.42 Å². The molecule has 0 aromatic rings. The van der Waals surface area contributed by atoms with Gasteiger partial charge in [0.2, 0.25) is 0 Å². The molecule has 0 bridgehead atoms. The Hall–Kier alpha value is -1.06. The zero-order valence-electron chi connectivity index (χ0n) is 10.3. The molecule has 2 N–H and O–H groups in total. The molecule has 0 fully saturated rings. The predicted octanol–water partition coefficient (Wildman–Crippen LogP) is 2.62. The Morgan fingerprint density at radius 1 is 1.19 bits per heavy atom. The Labute approximate surface area is 96.7 Å². The molecule has 0 aliphatic heterocycles. The monoisotopic (exact) mass is 230 g/mol. The van der Waals surface area contributed by atoms with E-state index in [0.717, 1.165) is 12.8 Å². The summed E-state index contributed by atoms with van der Waals surface area (Å²) in [6.45, 7) is 6.17. The number of carboxylic acids is 2. The molecule has 0 heterocycles. The van der Waals surface area contributed by atoms with Gasteiger partial charge in [-0.1, -0.05) is 33.6 Å². The zero-order valence-corrected chi connectivity index (χ0v) is 10.3. The third kappa shape index (κ3) is 5.73. The van der Waals surface area contributed by atoms with Gasteiger partial charge in [-0.2, -0.15) is 0 Å². The molecule has 16 heavy (non-hydrogen) atoms. The molecule has 0 aliphatic rings. The first-order chi connectivity index (χ1) is 7.38. The minimum absolute atomic E-state index is 0.276. The quantitative estimate of drug-likeness (QED) is 0.672. The molecule has 0 aromatic heterocycles. The lowest BCUT2D eigenvalue weighted by atomic mass is 9.82. The smallest absolute Gasteiger partial charge is 0.307 e. The van der Waals surface area contributed by atoms with E-state index in [1.165, 1.54) is 0 Å². The SMILES string of the molecule is CCCC(CC(CC(=O)O)C(=O)O)C(C)C. The second-order valence-corrected chi connectivity index (χ2v) is 4.66. The highest BCUT2D eigenvalue weighted by molar-refractivity contribution is 5.77. The van der Waals surface area contributed by atoms with Crippen molar-refractivity contribution in [2.45, 2.75) is 46.5 Å². The maximum Gasteiger partial charge on any atom is 0.307 e. The Kier molecular flexibility index (Phi) is 6.77. The van der Waals surface area contributed by atoms with Gasteiger partial charge in [0.25, 0.3) is 0 Å². The third-order valence-electron chi connectivity index (χ3n) is 2.96. The summed E-state index contributed by atoms with van der Waals surface area (Å²) in [5.74, 6) is -2.09. The van der Waals surface area contributed by atoms with Crippen molar-refractivity contribution in [3.8, 4) is 0 Å². The van der Waals surface area contributed by atoms with E-state index >= 15 is 0 Å². The van der Waals surface area contributed by atoms with Crippen molar-refractivity contribution in [2.24, 2.45) is 17.8 Å². The molecule has 4 heteroatoms. The lowest BCUT2D eigenvalue weighted by Crippen LogP contribution is -2.23. The van der Waals surface area contributed by atoms with Crippen LogP contribution in [0.4, 0.5) is 0 Å². The van der Waals surface area contributed by atoms with Gasteiger partial charge in [0, 0.05) is 0 Å². The van der Waals surface area contributed by atoms with Crippen LogP contribution in [-0.4, -0.2) is 22.2 Å². The van der Waals surface area contributed by atoms with E-state index in [9.17, 15) is 9.59 Å². The van der Waals surface area contributed by atoms with Crippen LogP contribution in [-0.2, 0) is 9.59 Å². The van der Waals surface area contributed by atoms with Gasteiger partial charge in [-0.05, 0) is 18.3 Å². The molecule has 0 aliphatic carbocycles. The van der Waals surface area contributed by atoms with Crippen LogP contribution in [0.3, 0.4) is 0 Å². The fourth-order valence-corrected chi connectivity index (χ4v) is 1.94. The topological polar surface area (TPSA) is 74.6 Å². The van der Waals surface area contributed by atoms with Gasteiger partial charge < -0.3 is 10.2 Å². The van der Waals surface area contributed by atoms with Crippen molar-refractivity contribution in [3.05, 3.63) is 0 Å². The first-order valence-corrected chi connectivity index (χ1v) is 5.83. The van der Waals surface area contributed by atoms with Crippen molar-refractivity contribution in [1.82, 2.24) is 0 Å². The number of carbonyl (C=O) groups is 2. The first kappa shape index (κ1) is 14.9. The third-order valence-corrected chi connectivity index (χ3v) is 2.96.